The average molecular weight is 513 g/mol. The van der Waals surface area contributed by atoms with Crippen LogP contribution in [0, 0.1) is 10.8 Å². The lowest BCUT2D eigenvalue weighted by Crippen LogP contribution is -2.43. The number of hydrogen-bond acceptors (Lipinski definition) is 2. The van der Waals surface area contributed by atoms with E-state index in [1.165, 1.54) is 28.7 Å². The van der Waals surface area contributed by atoms with Gasteiger partial charge < -0.3 is 10.2 Å². The molecule has 7 rings (SSSR count). The van der Waals surface area contributed by atoms with Crippen LogP contribution in [0.1, 0.15) is 63.6 Å². The molecule has 0 unspecified atom stereocenters. The molecule has 1 fully saturated rings. The minimum atomic E-state index is -0.142. The van der Waals surface area contributed by atoms with Gasteiger partial charge in [0.2, 0.25) is 0 Å². The highest BCUT2D eigenvalue weighted by Gasteiger charge is 2.53. The lowest BCUT2D eigenvalue weighted by molar-refractivity contribution is 0.0645. The Morgan fingerprint density at radius 1 is 0.615 bits per heavy atom. The van der Waals surface area contributed by atoms with E-state index in [0.717, 1.165) is 51.1 Å². The van der Waals surface area contributed by atoms with Crippen molar-refractivity contribution >= 4 is 21.5 Å². The van der Waals surface area contributed by atoms with Crippen molar-refractivity contribution in [2.45, 2.75) is 59.0 Å². The van der Waals surface area contributed by atoms with Crippen molar-refractivity contribution in [1.29, 1.82) is 0 Å². The zero-order valence-corrected chi connectivity index (χ0v) is 23.3. The van der Waals surface area contributed by atoms with Gasteiger partial charge in [0.05, 0.1) is 6.61 Å². The lowest BCUT2D eigenvalue weighted by atomic mass is 9.52. The zero-order chi connectivity index (χ0) is 27.2. The van der Waals surface area contributed by atoms with E-state index in [1.807, 2.05) is 0 Å². The van der Waals surface area contributed by atoms with Gasteiger partial charge in [-0.15, -0.1) is 0 Å². The number of benzene rings is 5. The van der Waals surface area contributed by atoms with E-state index < -0.39 is 0 Å². The Labute approximate surface area is 231 Å². The summed E-state index contributed by atoms with van der Waals surface area (Å²) in [5.74, 6) is 0.322. The third-order valence-electron chi connectivity index (χ3n) is 9.33. The maximum Gasteiger partial charge on any atom is 0.123 e. The molecule has 0 aliphatic heterocycles. The van der Waals surface area contributed by atoms with Crippen molar-refractivity contribution in [3.63, 3.8) is 0 Å². The SMILES string of the molecule is CC1(C)CC(C)(C)CC2(C1)c1ccccc1-c1c2cc(O)c2cc(-c3cccc4ccccc34)c(CO)cc12. The van der Waals surface area contributed by atoms with Gasteiger partial charge in [0.15, 0.2) is 0 Å². The van der Waals surface area contributed by atoms with Crippen LogP contribution in [0.5, 0.6) is 5.75 Å². The van der Waals surface area contributed by atoms with Gasteiger partial charge in [0.25, 0.3) is 0 Å². The Morgan fingerprint density at radius 3 is 2.05 bits per heavy atom. The van der Waals surface area contributed by atoms with Crippen LogP contribution >= 0.6 is 0 Å². The van der Waals surface area contributed by atoms with Crippen molar-refractivity contribution in [1.82, 2.24) is 0 Å². The molecule has 2 heteroatoms. The maximum absolute atomic E-state index is 11.7. The minimum Gasteiger partial charge on any atom is -0.507 e. The highest BCUT2D eigenvalue weighted by atomic mass is 16.3. The Bertz CT molecular complexity index is 1770. The summed E-state index contributed by atoms with van der Waals surface area (Å²) in [5.41, 5.74) is 8.27. The molecule has 0 saturated heterocycles. The van der Waals surface area contributed by atoms with E-state index in [-0.39, 0.29) is 22.9 Å². The monoisotopic (exact) mass is 512 g/mol. The molecule has 0 bridgehead atoms. The predicted molar refractivity (Wildman–Crippen MR) is 162 cm³/mol. The molecule has 0 aromatic heterocycles. The number of aliphatic hydroxyl groups excluding tert-OH is 1. The van der Waals surface area contributed by atoms with Crippen LogP contribution in [0.3, 0.4) is 0 Å². The van der Waals surface area contributed by atoms with E-state index in [9.17, 15) is 10.2 Å². The number of fused-ring (bicyclic) bond motifs is 8. The molecule has 39 heavy (non-hydrogen) atoms. The van der Waals surface area contributed by atoms with Gasteiger partial charge in [-0.2, -0.15) is 0 Å². The molecular weight excluding hydrogens is 476 g/mol. The van der Waals surface area contributed by atoms with Crippen LogP contribution in [0.15, 0.2) is 84.9 Å². The lowest BCUT2D eigenvalue weighted by Gasteiger charge is -2.51. The molecule has 2 aliphatic rings. The third kappa shape index (κ3) is 3.58. The fourth-order valence-electron chi connectivity index (χ4n) is 8.77. The largest absolute Gasteiger partial charge is 0.507 e. The first-order valence-corrected chi connectivity index (χ1v) is 14.1. The Balaban J connectivity index is 1.55. The van der Waals surface area contributed by atoms with Crippen LogP contribution in [0.2, 0.25) is 0 Å². The second-order valence-electron chi connectivity index (χ2n) is 13.5. The highest BCUT2D eigenvalue weighted by Crippen LogP contribution is 2.64. The van der Waals surface area contributed by atoms with Gasteiger partial charge in [-0.05, 0) is 103 Å². The average Bonchev–Trinajstić information content (AvgIpc) is 3.14. The van der Waals surface area contributed by atoms with E-state index in [1.54, 1.807) is 0 Å². The summed E-state index contributed by atoms with van der Waals surface area (Å²) in [4.78, 5) is 0. The molecule has 0 heterocycles. The number of rotatable bonds is 2. The standard InChI is InChI=1S/C37H36O2/c1-35(2)20-36(3,4)22-37(21-35)31-15-8-7-13-27(31)34-30-16-24(19-38)28(17-29(30)33(39)18-32(34)37)26-14-9-11-23-10-5-6-12-25(23)26/h5-18,38-39H,19-22H2,1-4H3. The van der Waals surface area contributed by atoms with Gasteiger partial charge in [-0.3, -0.25) is 0 Å². The first kappa shape index (κ1) is 24.4. The summed E-state index contributed by atoms with van der Waals surface area (Å²) < 4.78 is 0. The van der Waals surface area contributed by atoms with Gasteiger partial charge in [-0.1, -0.05) is 94.4 Å². The van der Waals surface area contributed by atoms with E-state index in [2.05, 4.69) is 113 Å². The molecule has 196 valence electrons. The normalized spacial score (nSPS) is 18.4. The molecule has 5 aromatic carbocycles. The molecule has 2 aliphatic carbocycles. The molecule has 5 aromatic rings. The van der Waals surface area contributed by atoms with Crippen molar-refractivity contribution in [3.05, 3.63) is 102 Å². The summed E-state index contributed by atoms with van der Waals surface area (Å²) in [6.45, 7) is 9.54. The van der Waals surface area contributed by atoms with E-state index in [4.69, 9.17) is 0 Å². The molecule has 2 N–H and O–H groups in total. The topological polar surface area (TPSA) is 40.5 Å². The smallest absolute Gasteiger partial charge is 0.123 e. The number of phenolic OH excluding ortho intramolecular Hbond substituents is 1. The van der Waals surface area contributed by atoms with Crippen LogP contribution in [-0.2, 0) is 12.0 Å². The Morgan fingerprint density at radius 2 is 1.28 bits per heavy atom. The summed E-state index contributed by atoms with van der Waals surface area (Å²) in [5, 5.41) is 26.5. The first-order valence-electron chi connectivity index (χ1n) is 14.1. The van der Waals surface area contributed by atoms with E-state index in [0.29, 0.717) is 5.75 Å². The molecular formula is C37H36O2. The summed E-state index contributed by atoms with van der Waals surface area (Å²) in [6, 6.07) is 29.8. The number of phenols is 1. The van der Waals surface area contributed by atoms with Gasteiger partial charge in [-0.25, -0.2) is 0 Å². The summed E-state index contributed by atoms with van der Waals surface area (Å²) in [6.07, 6.45) is 3.29. The molecule has 0 atom stereocenters. The Kier molecular flexibility index (Phi) is 5.13. The third-order valence-corrected chi connectivity index (χ3v) is 9.33. The van der Waals surface area contributed by atoms with Crippen LogP contribution in [0.25, 0.3) is 43.8 Å². The van der Waals surface area contributed by atoms with Gasteiger partial charge in [0.1, 0.15) is 5.75 Å². The molecule has 0 radical (unpaired) electrons. The first-order chi connectivity index (χ1) is 18.6. The van der Waals surface area contributed by atoms with Crippen LogP contribution in [0.4, 0.5) is 0 Å². The summed E-state index contributed by atoms with van der Waals surface area (Å²) >= 11 is 0. The Hall–Kier alpha value is -3.62. The second kappa shape index (κ2) is 8.19. The molecule has 1 spiro atoms. The second-order valence-corrected chi connectivity index (χ2v) is 13.5. The number of aliphatic hydroxyl groups is 1. The van der Waals surface area contributed by atoms with Crippen molar-refractivity contribution in [3.8, 4) is 28.0 Å². The quantitative estimate of drug-likeness (QED) is 0.247. The fraction of sp³-hybridized carbons (Fsp3) is 0.297. The van der Waals surface area contributed by atoms with Crippen molar-refractivity contribution < 1.29 is 10.2 Å². The fourth-order valence-corrected chi connectivity index (χ4v) is 8.77. The van der Waals surface area contributed by atoms with Gasteiger partial charge in [0, 0.05) is 10.8 Å². The van der Waals surface area contributed by atoms with E-state index >= 15 is 0 Å². The van der Waals surface area contributed by atoms with Gasteiger partial charge >= 0.3 is 0 Å². The maximum atomic E-state index is 11.7. The van der Waals surface area contributed by atoms with Crippen molar-refractivity contribution in [2.75, 3.05) is 0 Å². The van der Waals surface area contributed by atoms with Crippen LogP contribution < -0.4 is 0 Å². The van der Waals surface area contributed by atoms with Crippen LogP contribution in [-0.4, -0.2) is 10.2 Å². The number of hydrogen-bond donors (Lipinski definition) is 2. The minimum absolute atomic E-state index is 0.0637. The predicted octanol–water partition coefficient (Wildman–Crippen LogP) is 9.36. The zero-order valence-electron chi connectivity index (χ0n) is 23.3. The van der Waals surface area contributed by atoms with Crippen molar-refractivity contribution in [2.24, 2.45) is 10.8 Å². The molecule has 2 nitrogen and oxygen atoms in total. The molecule has 1 saturated carbocycles. The summed E-state index contributed by atoms with van der Waals surface area (Å²) in [7, 11) is 0. The number of aromatic hydroxyl groups is 1. The highest BCUT2D eigenvalue weighted by molar-refractivity contribution is 6.08. The molecule has 0 amide bonds.